The van der Waals surface area contributed by atoms with Gasteiger partial charge in [-0.05, 0) is 25.7 Å². The maximum absolute atomic E-state index is 2.76. The third kappa shape index (κ3) is 20.7. The topological polar surface area (TPSA) is 3.24 Å². The van der Waals surface area contributed by atoms with E-state index in [1.165, 1.54) is 203 Å². The van der Waals surface area contributed by atoms with E-state index in [1.807, 2.05) is 0 Å². The van der Waals surface area contributed by atoms with Crippen molar-refractivity contribution in [1.82, 2.24) is 4.90 Å². The lowest BCUT2D eigenvalue weighted by Crippen LogP contribution is -2.58. The van der Waals surface area contributed by atoms with Crippen molar-refractivity contribution >= 4 is 0 Å². The summed E-state index contributed by atoms with van der Waals surface area (Å²) in [6.45, 7) is 15.4. The van der Waals surface area contributed by atoms with Crippen molar-refractivity contribution in [3.63, 3.8) is 0 Å². The van der Waals surface area contributed by atoms with E-state index >= 15 is 0 Å². The number of nitrogens with zero attached hydrogens (tertiary/aromatic N) is 3. The number of hydrogen-bond acceptors (Lipinski definition) is 1. The average Bonchev–Trinajstić information content (AvgIpc) is 2.90. The fourth-order valence-corrected chi connectivity index (χ4v) is 6.32. The van der Waals surface area contributed by atoms with E-state index in [4.69, 9.17) is 0 Å². The molecule has 0 saturated carbocycles. The Kier molecular flexibility index (Phi) is 22.3. The molecule has 0 unspecified atom stereocenters. The van der Waals surface area contributed by atoms with Gasteiger partial charge >= 0.3 is 0 Å². The van der Waals surface area contributed by atoms with Crippen molar-refractivity contribution in [3.05, 3.63) is 0 Å². The molecular weight excluding hydrogens is 462 g/mol. The van der Waals surface area contributed by atoms with Crippen molar-refractivity contribution in [3.8, 4) is 0 Å². The van der Waals surface area contributed by atoms with Crippen molar-refractivity contribution < 1.29 is 8.97 Å². The molecule has 228 valence electrons. The largest absolute Gasteiger partial charge is 0.327 e. The Morgan fingerprint density at radius 2 is 0.868 bits per heavy atom. The van der Waals surface area contributed by atoms with Gasteiger partial charge in [-0.15, -0.1) is 0 Å². The zero-order valence-electron chi connectivity index (χ0n) is 27.6. The molecular formula is C35H75N3+2. The van der Waals surface area contributed by atoms with Crippen LogP contribution in [0.15, 0.2) is 0 Å². The van der Waals surface area contributed by atoms with E-state index in [-0.39, 0.29) is 0 Å². The van der Waals surface area contributed by atoms with Crippen LogP contribution in [0.4, 0.5) is 0 Å². The monoisotopic (exact) mass is 538 g/mol. The summed E-state index contributed by atoms with van der Waals surface area (Å²) in [5.74, 6) is 0. The highest BCUT2D eigenvalue weighted by atomic mass is 15.4. The smallest absolute Gasteiger partial charge is 0.0914 e. The highest BCUT2D eigenvalue weighted by Crippen LogP contribution is 2.16. The van der Waals surface area contributed by atoms with Gasteiger partial charge in [0.25, 0.3) is 0 Å². The van der Waals surface area contributed by atoms with E-state index in [9.17, 15) is 0 Å². The number of quaternary nitrogens is 2. The number of unbranched alkanes of at least 4 members (excludes halogenated alkanes) is 20. The quantitative estimate of drug-likeness (QED) is 0.0745. The third-order valence-corrected chi connectivity index (χ3v) is 9.60. The predicted octanol–water partition coefficient (Wildman–Crippen LogP) is 9.45. The second-order valence-corrected chi connectivity index (χ2v) is 14.1. The summed E-state index contributed by atoms with van der Waals surface area (Å²) in [5.41, 5.74) is 0. The van der Waals surface area contributed by atoms with E-state index in [0.29, 0.717) is 0 Å². The number of piperazine rings is 1. The highest BCUT2D eigenvalue weighted by molar-refractivity contribution is 4.64. The van der Waals surface area contributed by atoms with Gasteiger partial charge in [0.15, 0.2) is 0 Å². The molecule has 1 saturated heterocycles. The average molecular weight is 538 g/mol. The first-order chi connectivity index (χ1) is 18.4. The van der Waals surface area contributed by atoms with Gasteiger partial charge in [0.2, 0.25) is 0 Å². The fourth-order valence-electron chi connectivity index (χ4n) is 6.32. The molecule has 0 N–H and O–H groups in total. The van der Waals surface area contributed by atoms with Crippen LogP contribution in [0.25, 0.3) is 0 Å². The third-order valence-electron chi connectivity index (χ3n) is 9.60. The van der Waals surface area contributed by atoms with Gasteiger partial charge in [0, 0.05) is 19.6 Å². The molecule has 1 heterocycles. The van der Waals surface area contributed by atoms with Crippen molar-refractivity contribution in [2.45, 2.75) is 155 Å². The van der Waals surface area contributed by atoms with E-state index in [1.54, 1.807) is 0 Å². The lowest BCUT2D eigenvalue weighted by atomic mass is 10.1. The molecule has 0 aromatic rings. The van der Waals surface area contributed by atoms with Gasteiger partial charge in [-0.25, -0.2) is 0 Å². The van der Waals surface area contributed by atoms with E-state index in [2.05, 4.69) is 39.9 Å². The first-order valence-electron chi connectivity index (χ1n) is 17.8. The highest BCUT2D eigenvalue weighted by Gasteiger charge is 2.29. The molecule has 0 spiro atoms. The minimum Gasteiger partial charge on any atom is -0.327 e. The summed E-state index contributed by atoms with van der Waals surface area (Å²) in [6.07, 6.45) is 31.9. The second kappa shape index (κ2) is 23.6. The van der Waals surface area contributed by atoms with Gasteiger partial charge in [-0.3, -0.25) is 4.90 Å². The molecule has 0 aromatic carbocycles. The van der Waals surface area contributed by atoms with Gasteiger partial charge in [0.05, 0.1) is 53.9 Å². The first-order valence-corrected chi connectivity index (χ1v) is 17.8. The first kappa shape index (κ1) is 35.9. The van der Waals surface area contributed by atoms with Crippen LogP contribution >= 0.6 is 0 Å². The lowest BCUT2D eigenvalue weighted by Gasteiger charge is -2.43. The standard InChI is InChI=1S/C35H75N3/c1-6-8-10-12-14-16-18-20-22-24-26-31-37(3,4)33-28-36-29-34-38(5,35-30-36)32-27-25-23-21-19-17-15-13-11-9-7-2/h6-35H2,1-5H3/q+2. The van der Waals surface area contributed by atoms with Crippen LogP contribution in [0.3, 0.4) is 0 Å². The van der Waals surface area contributed by atoms with Crippen LogP contribution in [0, 0.1) is 0 Å². The molecule has 1 aliphatic rings. The molecule has 0 radical (unpaired) electrons. The number of rotatable bonds is 27. The molecule has 0 aliphatic carbocycles. The molecule has 0 bridgehead atoms. The summed E-state index contributed by atoms with van der Waals surface area (Å²) in [7, 11) is 7.46. The molecule has 0 atom stereocenters. The summed E-state index contributed by atoms with van der Waals surface area (Å²) in [6, 6.07) is 0. The fraction of sp³-hybridized carbons (Fsp3) is 1.00. The minimum atomic E-state index is 1.21. The Bertz CT molecular complexity index is 495. The summed E-state index contributed by atoms with van der Waals surface area (Å²) in [4.78, 5) is 2.76. The van der Waals surface area contributed by atoms with Gasteiger partial charge in [-0.2, -0.15) is 0 Å². The Balaban J connectivity index is 1.97. The van der Waals surface area contributed by atoms with Crippen LogP contribution in [0.5, 0.6) is 0 Å². The van der Waals surface area contributed by atoms with Crippen molar-refractivity contribution in [2.24, 2.45) is 0 Å². The van der Waals surface area contributed by atoms with Crippen LogP contribution in [-0.2, 0) is 0 Å². The molecule has 0 amide bonds. The predicted molar refractivity (Wildman–Crippen MR) is 172 cm³/mol. The van der Waals surface area contributed by atoms with Crippen molar-refractivity contribution in [2.75, 3.05) is 73.5 Å². The molecule has 1 aliphatic heterocycles. The summed E-state index contributed by atoms with van der Waals surface area (Å²) < 4.78 is 2.53. The molecule has 38 heavy (non-hydrogen) atoms. The maximum Gasteiger partial charge on any atom is 0.0914 e. The molecule has 0 aromatic heterocycles. The Hall–Kier alpha value is -0.120. The van der Waals surface area contributed by atoms with Gasteiger partial charge < -0.3 is 8.97 Å². The summed E-state index contributed by atoms with van der Waals surface area (Å²) >= 11 is 0. The van der Waals surface area contributed by atoms with Crippen LogP contribution in [0.2, 0.25) is 0 Å². The number of hydrogen-bond donors (Lipinski definition) is 0. The van der Waals surface area contributed by atoms with Gasteiger partial charge in [0.1, 0.15) is 0 Å². The minimum absolute atomic E-state index is 1.21. The Labute approximate surface area is 242 Å². The molecule has 3 nitrogen and oxygen atoms in total. The summed E-state index contributed by atoms with van der Waals surface area (Å²) in [5, 5.41) is 0. The lowest BCUT2D eigenvalue weighted by molar-refractivity contribution is -0.914. The second-order valence-electron chi connectivity index (χ2n) is 14.1. The Morgan fingerprint density at radius 3 is 1.29 bits per heavy atom. The molecule has 1 fully saturated rings. The normalized spacial score (nSPS) is 16.3. The van der Waals surface area contributed by atoms with Gasteiger partial charge in [-0.1, -0.05) is 129 Å². The van der Waals surface area contributed by atoms with Crippen LogP contribution < -0.4 is 0 Å². The number of likely N-dealkylation sites (N-methyl/N-ethyl adjacent to an activating group) is 2. The van der Waals surface area contributed by atoms with Crippen LogP contribution in [0.1, 0.15) is 155 Å². The molecule has 1 rings (SSSR count). The zero-order valence-corrected chi connectivity index (χ0v) is 27.6. The van der Waals surface area contributed by atoms with Crippen molar-refractivity contribution in [1.29, 1.82) is 0 Å². The van der Waals surface area contributed by atoms with Crippen LogP contribution in [-0.4, -0.2) is 87.4 Å². The molecule has 3 heteroatoms. The Morgan fingerprint density at radius 1 is 0.500 bits per heavy atom. The van der Waals surface area contributed by atoms with E-state index in [0.717, 1.165) is 0 Å². The van der Waals surface area contributed by atoms with E-state index < -0.39 is 0 Å². The zero-order chi connectivity index (χ0) is 27.8. The SMILES string of the molecule is CCCCCCCCCCCCC[N+](C)(C)CCN1CC[N+](C)(CCCCCCCCCCCCC)CC1. The maximum atomic E-state index is 2.76.